The maximum atomic E-state index is 12.2. The summed E-state index contributed by atoms with van der Waals surface area (Å²) in [5.41, 5.74) is 1.75. The summed E-state index contributed by atoms with van der Waals surface area (Å²) in [7, 11) is 1.62. The van der Waals surface area contributed by atoms with Crippen LogP contribution in [0.1, 0.15) is 25.5 Å². The summed E-state index contributed by atoms with van der Waals surface area (Å²) in [4.78, 5) is 12.2. The highest BCUT2D eigenvalue weighted by molar-refractivity contribution is 5.81. The molecule has 0 aliphatic rings. The minimum Gasteiger partial charge on any atom is -0.496 e. The zero-order valence-corrected chi connectivity index (χ0v) is 14.3. The van der Waals surface area contributed by atoms with Gasteiger partial charge in [0.1, 0.15) is 11.5 Å². The van der Waals surface area contributed by atoms with Crippen molar-refractivity contribution in [1.82, 2.24) is 5.32 Å². The van der Waals surface area contributed by atoms with Gasteiger partial charge in [0, 0.05) is 5.56 Å². The first kappa shape index (κ1) is 17.7. The van der Waals surface area contributed by atoms with Crippen LogP contribution in [0.3, 0.4) is 0 Å². The van der Waals surface area contributed by atoms with Crippen molar-refractivity contribution in [3.05, 3.63) is 54.1 Å². The molecule has 0 heterocycles. The van der Waals surface area contributed by atoms with Gasteiger partial charge in [0.05, 0.1) is 32.0 Å². The van der Waals surface area contributed by atoms with Gasteiger partial charge in [0.2, 0.25) is 5.91 Å². The van der Waals surface area contributed by atoms with Gasteiger partial charge in [-0.25, -0.2) is 0 Å². The molecule has 1 atom stereocenters. The fraction of sp³-hybridized carbons (Fsp3) is 0.316. The van der Waals surface area contributed by atoms with Crippen molar-refractivity contribution >= 4 is 11.6 Å². The fourth-order valence-electron chi connectivity index (χ4n) is 2.46. The Hall–Kier alpha value is -2.69. The quantitative estimate of drug-likeness (QED) is 0.780. The standard InChI is InChI=1S/C19H24N2O3/c1-4-24-18-12-8-6-10-16(18)20-13-19(22)21-14(2)15-9-5-7-11-17(15)23-3/h5-12,14,20H,4,13H2,1-3H3,(H,21,22). The van der Waals surface area contributed by atoms with Crippen molar-refractivity contribution < 1.29 is 14.3 Å². The number of hydrogen-bond donors (Lipinski definition) is 2. The fourth-order valence-corrected chi connectivity index (χ4v) is 2.46. The van der Waals surface area contributed by atoms with Gasteiger partial charge in [-0.05, 0) is 32.0 Å². The molecule has 24 heavy (non-hydrogen) atoms. The van der Waals surface area contributed by atoms with E-state index in [1.165, 1.54) is 0 Å². The van der Waals surface area contributed by atoms with Crippen molar-refractivity contribution in [2.75, 3.05) is 25.6 Å². The molecule has 0 fully saturated rings. The van der Waals surface area contributed by atoms with E-state index in [1.54, 1.807) is 7.11 Å². The number of nitrogens with one attached hydrogen (secondary N) is 2. The summed E-state index contributed by atoms with van der Waals surface area (Å²) in [5, 5.41) is 6.09. The number of carbonyl (C=O) groups excluding carboxylic acids is 1. The third kappa shape index (κ3) is 4.65. The number of rotatable bonds is 8. The monoisotopic (exact) mass is 328 g/mol. The highest BCUT2D eigenvalue weighted by Gasteiger charge is 2.13. The molecule has 0 saturated carbocycles. The number of anilines is 1. The molecule has 2 aromatic rings. The summed E-state index contributed by atoms with van der Waals surface area (Å²) in [5.74, 6) is 1.41. The van der Waals surface area contributed by atoms with Crippen LogP contribution in [0.5, 0.6) is 11.5 Å². The number of carbonyl (C=O) groups is 1. The van der Waals surface area contributed by atoms with E-state index in [-0.39, 0.29) is 18.5 Å². The van der Waals surface area contributed by atoms with Crippen molar-refractivity contribution in [1.29, 1.82) is 0 Å². The van der Waals surface area contributed by atoms with E-state index in [1.807, 2.05) is 62.4 Å². The number of hydrogen-bond acceptors (Lipinski definition) is 4. The molecule has 128 valence electrons. The van der Waals surface area contributed by atoms with Crippen LogP contribution in [0.4, 0.5) is 5.69 Å². The zero-order chi connectivity index (χ0) is 17.4. The minimum atomic E-state index is -0.141. The highest BCUT2D eigenvalue weighted by Crippen LogP contribution is 2.25. The normalized spacial score (nSPS) is 11.5. The second-order valence-electron chi connectivity index (χ2n) is 5.31. The average molecular weight is 328 g/mol. The van der Waals surface area contributed by atoms with Crippen molar-refractivity contribution in [2.24, 2.45) is 0 Å². The van der Waals surface area contributed by atoms with E-state index in [2.05, 4.69) is 10.6 Å². The van der Waals surface area contributed by atoms with E-state index in [4.69, 9.17) is 9.47 Å². The van der Waals surface area contributed by atoms with Gasteiger partial charge in [-0.15, -0.1) is 0 Å². The third-order valence-corrected chi connectivity index (χ3v) is 3.61. The van der Waals surface area contributed by atoms with Gasteiger partial charge in [0.25, 0.3) is 0 Å². The molecule has 0 bridgehead atoms. The Morgan fingerprint density at radius 1 is 1.08 bits per heavy atom. The maximum Gasteiger partial charge on any atom is 0.239 e. The van der Waals surface area contributed by atoms with Crippen LogP contribution in [0.2, 0.25) is 0 Å². The summed E-state index contributed by atoms with van der Waals surface area (Å²) in [6.45, 7) is 4.61. The Morgan fingerprint density at radius 3 is 2.46 bits per heavy atom. The summed E-state index contributed by atoms with van der Waals surface area (Å²) >= 11 is 0. The van der Waals surface area contributed by atoms with Gasteiger partial charge in [-0.1, -0.05) is 30.3 Å². The number of para-hydroxylation sites is 3. The molecule has 0 radical (unpaired) electrons. The van der Waals surface area contributed by atoms with Crippen LogP contribution >= 0.6 is 0 Å². The average Bonchev–Trinajstić information content (AvgIpc) is 2.61. The number of methoxy groups -OCH3 is 1. The maximum absolute atomic E-state index is 12.2. The van der Waals surface area contributed by atoms with Crippen LogP contribution in [0.25, 0.3) is 0 Å². The van der Waals surface area contributed by atoms with E-state index in [0.717, 1.165) is 22.7 Å². The van der Waals surface area contributed by atoms with Crippen LogP contribution < -0.4 is 20.1 Å². The Kier molecular flexibility index (Phi) is 6.49. The second-order valence-corrected chi connectivity index (χ2v) is 5.31. The number of benzene rings is 2. The molecule has 0 spiro atoms. The molecule has 2 rings (SSSR count). The first-order chi connectivity index (χ1) is 11.7. The Balaban J connectivity index is 1.94. The van der Waals surface area contributed by atoms with Crippen LogP contribution in [-0.2, 0) is 4.79 Å². The molecule has 0 aliphatic carbocycles. The summed E-state index contributed by atoms with van der Waals surface area (Å²) in [6.07, 6.45) is 0. The number of amides is 1. The van der Waals surface area contributed by atoms with Crippen LogP contribution in [0, 0.1) is 0 Å². The molecule has 0 aromatic heterocycles. The number of ether oxygens (including phenoxy) is 2. The van der Waals surface area contributed by atoms with E-state index in [9.17, 15) is 4.79 Å². The van der Waals surface area contributed by atoms with Crippen molar-refractivity contribution in [3.63, 3.8) is 0 Å². The molecule has 2 aromatic carbocycles. The predicted molar refractivity (Wildman–Crippen MR) is 95.7 cm³/mol. The van der Waals surface area contributed by atoms with Gasteiger partial charge < -0.3 is 20.1 Å². The highest BCUT2D eigenvalue weighted by atomic mass is 16.5. The Bertz CT molecular complexity index is 673. The Morgan fingerprint density at radius 2 is 1.75 bits per heavy atom. The second kappa shape index (κ2) is 8.82. The first-order valence-electron chi connectivity index (χ1n) is 8.03. The van der Waals surface area contributed by atoms with Gasteiger partial charge >= 0.3 is 0 Å². The first-order valence-corrected chi connectivity index (χ1v) is 8.03. The lowest BCUT2D eigenvalue weighted by molar-refractivity contribution is -0.120. The molecular formula is C19H24N2O3. The molecular weight excluding hydrogens is 304 g/mol. The lowest BCUT2D eigenvalue weighted by atomic mass is 10.1. The molecule has 1 amide bonds. The Labute approximate surface area is 143 Å². The van der Waals surface area contributed by atoms with E-state index < -0.39 is 0 Å². The van der Waals surface area contributed by atoms with Gasteiger partial charge in [-0.3, -0.25) is 4.79 Å². The molecule has 0 saturated heterocycles. The summed E-state index contributed by atoms with van der Waals surface area (Å²) < 4.78 is 10.9. The molecule has 1 unspecified atom stereocenters. The molecule has 2 N–H and O–H groups in total. The summed E-state index contributed by atoms with van der Waals surface area (Å²) in [6, 6.07) is 15.1. The van der Waals surface area contributed by atoms with Gasteiger partial charge in [0.15, 0.2) is 0 Å². The minimum absolute atomic E-state index is 0.0975. The van der Waals surface area contributed by atoms with Gasteiger partial charge in [-0.2, -0.15) is 0 Å². The molecule has 0 aliphatic heterocycles. The lowest BCUT2D eigenvalue weighted by Gasteiger charge is -2.18. The third-order valence-electron chi connectivity index (χ3n) is 3.61. The largest absolute Gasteiger partial charge is 0.496 e. The molecule has 5 nitrogen and oxygen atoms in total. The topological polar surface area (TPSA) is 59.6 Å². The van der Waals surface area contributed by atoms with Crippen molar-refractivity contribution in [2.45, 2.75) is 19.9 Å². The lowest BCUT2D eigenvalue weighted by Crippen LogP contribution is -2.32. The van der Waals surface area contributed by atoms with E-state index >= 15 is 0 Å². The smallest absolute Gasteiger partial charge is 0.239 e. The zero-order valence-electron chi connectivity index (χ0n) is 14.3. The molecule has 5 heteroatoms. The predicted octanol–water partition coefficient (Wildman–Crippen LogP) is 3.38. The SMILES string of the molecule is CCOc1ccccc1NCC(=O)NC(C)c1ccccc1OC. The van der Waals surface area contributed by atoms with Crippen molar-refractivity contribution in [3.8, 4) is 11.5 Å². The van der Waals surface area contributed by atoms with E-state index in [0.29, 0.717) is 6.61 Å². The van der Waals surface area contributed by atoms with Crippen LogP contribution in [0.15, 0.2) is 48.5 Å². The van der Waals surface area contributed by atoms with Crippen LogP contribution in [-0.4, -0.2) is 26.2 Å².